The van der Waals surface area contributed by atoms with Gasteiger partial charge in [0.15, 0.2) is 0 Å². The third-order valence-electron chi connectivity index (χ3n) is 10.7. The normalized spacial score (nSPS) is 21.6. The highest BCUT2D eigenvalue weighted by Gasteiger charge is 2.52. The number of rotatable bonds is 13. The van der Waals surface area contributed by atoms with Crippen molar-refractivity contribution in [2.24, 2.45) is 23.2 Å². The number of hydrogen-bond donors (Lipinski definition) is 4. The molecule has 4 N–H and O–H groups in total. The van der Waals surface area contributed by atoms with Gasteiger partial charge in [0.2, 0.25) is 23.5 Å². The summed E-state index contributed by atoms with van der Waals surface area (Å²) >= 11 is 0. The molecule has 1 unspecified atom stereocenters. The van der Waals surface area contributed by atoms with E-state index in [4.69, 9.17) is 0 Å². The maximum Gasteiger partial charge on any atom is 0.289 e. The van der Waals surface area contributed by atoms with Crippen molar-refractivity contribution in [1.29, 1.82) is 0 Å². The molecule has 0 radical (unpaired) electrons. The molecule has 4 fully saturated rings. The van der Waals surface area contributed by atoms with Crippen LogP contribution in [0.25, 0.3) is 0 Å². The lowest BCUT2D eigenvalue weighted by Gasteiger charge is -2.38. The molecule has 2 heterocycles. The van der Waals surface area contributed by atoms with Crippen molar-refractivity contribution in [1.82, 2.24) is 36.1 Å². The maximum atomic E-state index is 14.6. The van der Waals surface area contributed by atoms with Crippen molar-refractivity contribution < 1.29 is 28.8 Å². The quantitative estimate of drug-likeness (QED) is 0.214. The number of hydrogen-bond acceptors (Lipinski definition) is 8. The molecule has 4 aliphatic rings. The van der Waals surface area contributed by atoms with Crippen LogP contribution in [0.15, 0.2) is 18.6 Å². The first kappa shape index (κ1) is 54.6. The molecule has 1 aromatic heterocycles. The molecule has 1 aliphatic heterocycles. The molecule has 1 saturated heterocycles. The van der Waals surface area contributed by atoms with Gasteiger partial charge >= 0.3 is 0 Å². The van der Waals surface area contributed by atoms with E-state index in [2.05, 4.69) is 31.2 Å². The van der Waals surface area contributed by atoms with Crippen molar-refractivity contribution in [3.8, 4) is 0 Å². The number of ketones is 1. The molecular formula is C38H69N7O6S4. The lowest BCUT2D eigenvalue weighted by atomic mass is 9.82. The molecule has 17 heteroatoms. The van der Waals surface area contributed by atoms with Crippen LogP contribution < -0.4 is 21.3 Å². The van der Waals surface area contributed by atoms with Gasteiger partial charge in [0.05, 0.1) is 12.2 Å². The first-order chi connectivity index (χ1) is 23.4. The third kappa shape index (κ3) is 13.8. The number of carbonyl (C=O) groups is 6. The summed E-state index contributed by atoms with van der Waals surface area (Å²) in [7, 11) is 0. The van der Waals surface area contributed by atoms with Gasteiger partial charge in [-0.2, -0.15) is 54.0 Å². The highest BCUT2D eigenvalue weighted by atomic mass is 32.1. The highest BCUT2D eigenvalue weighted by Crippen LogP contribution is 2.43. The molecule has 316 valence electrons. The second-order valence-corrected chi connectivity index (χ2v) is 15.5. The number of nitrogens with one attached hydrogen (secondary N) is 4. The molecule has 3 aliphatic carbocycles. The number of likely N-dealkylation sites (tertiary alicyclic amines) is 1. The number of amides is 5. The zero-order valence-corrected chi connectivity index (χ0v) is 35.3. The lowest BCUT2D eigenvalue weighted by Crippen LogP contribution is -2.62. The van der Waals surface area contributed by atoms with E-state index in [-0.39, 0.29) is 104 Å². The van der Waals surface area contributed by atoms with Gasteiger partial charge in [0, 0.05) is 25.0 Å². The summed E-state index contributed by atoms with van der Waals surface area (Å²) in [6, 6.07) is -3.68. The minimum Gasteiger partial charge on any atom is -0.347 e. The van der Waals surface area contributed by atoms with E-state index in [1.54, 1.807) is 4.90 Å². The van der Waals surface area contributed by atoms with Crippen molar-refractivity contribution >= 4 is 89.3 Å². The van der Waals surface area contributed by atoms with Gasteiger partial charge < -0.3 is 26.2 Å². The van der Waals surface area contributed by atoms with Gasteiger partial charge in [0.25, 0.3) is 11.8 Å². The third-order valence-corrected chi connectivity index (χ3v) is 10.7. The van der Waals surface area contributed by atoms with Gasteiger partial charge in [-0.15, -0.1) is 0 Å². The van der Waals surface area contributed by atoms with E-state index in [1.165, 1.54) is 18.6 Å². The Morgan fingerprint density at radius 1 is 0.836 bits per heavy atom. The van der Waals surface area contributed by atoms with Gasteiger partial charge in [-0.25, -0.2) is 4.98 Å². The van der Waals surface area contributed by atoms with Crippen LogP contribution in [0.2, 0.25) is 0 Å². The second kappa shape index (κ2) is 24.3. The van der Waals surface area contributed by atoms with E-state index in [1.807, 2.05) is 27.7 Å². The highest BCUT2D eigenvalue weighted by molar-refractivity contribution is 7.59. The number of fused-ring (bicyclic) bond motifs is 1. The summed E-state index contributed by atoms with van der Waals surface area (Å²) in [5, 5.41) is 11.5. The number of aromatic nitrogens is 2. The molecule has 6 atom stereocenters. The Hall–Kier alpha value is -2.50. The molecule has 0 bridgehead atoms. The Morgan fingerprint density at radius 3 is 2.05 bits per heavy atom. The van der Waals surface area contributed by atoms with E-state index >= 15 is 0 Å². The van der Waals surface area contributed by atoms with Crippen LogP contribution in [0.1, 0.15) is 130 Å². The molecule has 13 nitrogen and oxygen atoms in total. The van der Waals surface area contributed by atoms with Crippen LogP contribution in [-0.4, -0.2) is 86.9 Å². The molecule has 1 aromatic rings. The predicted molar refractivity (Wildman–Crippen MR) is 236 cm³/mol. The predicted octanol–water partition coefficient (Wildman–Crippen LogP) is 4.17. The fourth-order valence-corrected chi connectivity index (χ4v) is 7.87. The summed E-state index contributed by atoms with van der Waals surface area (Å²) in [6.45, 7) is 7.85. The van der Waals surface area contributed by atoms with Crippen molar-refractivity contribution in [3.63, 3.8) is 0 Å². The van der Waals surface area contributed by atoms with E-state index in [9.17, 15) is 28.8 Å². The van der Waals surface area contributed by atoms with Gasteiger partial charge in [-0.1, -0.05) is 74.7 Å². The molecule has 5 amide bonds. The van der Waals surface area contributed by atoms with E-state index in [0.29, 0.717) is 19.4 Å². The maximum absolute atomic E-state index is 14.6. The van der Waals surface area contributed by atoms with Crippen LogP contribution in [0.3, 0.4) is 0 Å². The summed E-state index contributed by atoms with van der Waals surface area (Å²) in [5.74, 6) is -3.20. The minimum absolute atomic E-state index is 0. The Labute approximate surface area is 356 Å². The molecule has 55 heavy (non-hydrogen) atoms. The SMILES string of the molecule is C.C.CCC[C@H](NC(=O)C1[C@H]2CCC[C@@H]2CN1C(=O)[C@H](NC(=O)[C@@H](NC(=O)c1cnccn1)C1CCCCC1)C(C)(C)C)C(=O)C(=O)NC1CC1.S.S.S.S. The fraction of sp³-hybridized carbons (Fsp3) is 0.737. The van der Waals surface area contributed by atoms with Gasteiger partial charge in [-0.05, 0) is 68.1 Å². The van der Waals surface area contributed by atoms with Crippen molar-refractivity contribution in [3.05, 3.63) is 24.3 Å². The Kier molecular flexibility index (Phi) is 24.1. The summed E-state index contributed by atoms with van der Waals surface area (Å²) < 4.78 is 0. The topological polar surface area (TPSA) is 180 Å². The average Bonchev–Trinajstić information content (AvgIpc) is 3.65. The number of carbonyl (C=O) groups excluding carboxylic acids is 6. The van der Waals surface area contributed by atoms with Crippen LogP contribution >= 0.6 is 54.0 Å². The Morgan fingerprint density at radius 2 is 1.49 bits per heavy atom. The number of nitrogens with zero attached hydrogens (tertiary/aromatic N) is 3. The van der Waals surface area contributed by atoms with Crippen LogP contribution in [-0.2, 0) is 24.0 Å². The van der Waals surface area contributed by atoms with Crippen molar-refractivity contribution in [2.75, 3.05) is 6.54 Å². The molecule has 0 spiro atoms. The standard InChI is InChI=1S/C36H53N7O6.2CH4.4H2S/c1-5-10-25(29(44)34(48)39-23-15-16-23)40-33(47)28-24-14-9-13-22(24)20-43(28)35(49)30(36(2,3)4)42-32(46)27(21-11-7-6-8-12-21)41-31(45)26-19-37-17-18-38-26;;;;;;/h17-19,21-25,27-28,30H,5-16,20H2,1-4H3,(H,39,48)(H,40,47)(H,41,45)(H,42,46);2*1H4;4*1H2/t22-,24+,25+,27+,28?,30+;;;;;;/m1....../s1. The summed E-state index contributed by atoms with van der Waals surface area (Å²) in [4.78, 5) is 91.4. The summed E-state index contributed by atoms with van der Waals surface area (Å²) in [6.07, 6.45) is 13.9. The van der Waals surface area contributed by atoms with E-state index in [0.717, 1.165) is 64.2 Å². The zero-order valence-electron chi connectivity index (χ0n) is 31.3. The van der Waals surface area contributed by atoms with Crippen LogP contribution in [0.5, 0.6) is 0 Å². The van der Waals surface area contributed by atoms with Crippen LogP contribution in [0, 0.1) is 23.2 Å². The van der Waals surface area contributed by atoms with E-state index < -0.39 is 59.0 Å². The first-order valence-corrected chi connectivity index (χ1v) is 18.2. The Balaban J connectivity index is 0. The molecule has 5 rings (SSSR count). The minimum atomic E-state index is -0.994. The zero-order chi connectivity index (χ0) is 35.3. The number of Topliss-reactive ketones (excluding diaryl/α,β-unsaturated/α-hetero) is 1. The first-order valence-electron chi connectivity index (χ1n) is 18.2. The smallest absolute Gasteiger partial charge is 0.289 e. The van der Waals surface area contributed by atoms with Crippen molar-refractivity contribution in [2.45, 2.75) is 150 Å². The Bertz CT molecular complexity index is 1410. The van der Waals surface area contributed by atoms with Crippen LogP contribution in [0.4, 0.5) is 0 Å². The fourth-order valence-electron chi connectivity index (χ4n) is 7.87. The monoisotopic (exact) mass is 847 g/mol. The average molecular weight is 848 g/mol. The lowest BCUT2D eigenvalue weighted by molar-refractivity contribution is -0.146. The van der Waals surface area contributed by atoms with Gasteiger partial charge in [0.1, 0.15) is 23.8 Å². The summed E-state index contributed by atoms with van der Waals surface area (Å²) in [5.41, 5.74) is -0.638. The molecule has 0 aromatic carbocycles. The second-order valence-electron chi connectivity index (χ2n) is 15.5. The van der Waals surface area contributed by atoms with Gasteiger partial charge in [-0.3, -0.25) is 33.8 Å². The molecular weight excluding hydrogens is 779 g/mol. The molecule has 3 saturated carbocycles. The largest absolute Gasteiger partial charge is 0.347 e.